The lowest BCUT2D eigenvalue weighted by atomic mass is 9.91. The summed E-state index contributed by atoms with van der Waals surface area (Å²) in [5, 5.41) is 12.1. The molecule has 118 valence electrons. The molecule has 7 heteroatoms. The van der Waals surface area contributed by atoms with Crippen molar-refractivity contribution in [3.63, 3.8) is 0 Å². The maximum atomic E-state index is 12.8. The van der Waals surface area contributed by atoms with E-state index in [-0.39, 0.29) is 23.9 Å². The maximum absolute atomic E-state index is 12.8. The third-order valence-electron chi connectivity index (χ3n) is 4.59. The number of carbonyl (C=O) groups is 3. The minimum absolute atomic E-state index is 0.00181. The molecule has 0 saturated carbocycles. The van der Waals surface area contributed by atoms with Gasteiger partial charge in [-0.3, -0.25) is 4.79 Å². The molecule has 2 aliphatic heterocycles. The van der Waals surface area contributed by atoms with Gasteiger partial charge in [-0.15, -0.1) is 0 Å². The van der Waals surface area contributed by atoms with E-state index in [9.17, 15) is 19.5 Å². The quantitative estimate of drug-likeness (QED) is 0.794. The highest BCUT2D eigenvalue weighted by atomic mass is 16.4. The molecule has 7 nitrogen and oxygen atoms in total. The summed E-state index contributed by atoms with van der Waals surface area (Å²) in [6.45, 7) is 6.16. The minimum atomic E-state index is -1.27. The standard InChI is InChI=1S/C14H23N3O4/c1-4-17(14(2,3)12(19)20)13(21)16-7-5-6-9-10(16)8-15-11(9)18/h9-10H,4-8H2,1-3H3,(H,15,18)(H,19,20). The van der Waals surface area contributed by atoms with Gasteiger partial charge in [0.1, 0.15) is 5.54 Å². The zero-order valence-electron chi connectivity index (χ0n) is 12.8. The average Bonchev–Trinajstić information content (AvgIpc) is 2.81. The highest BCUT2D eigenvalue weighted by Gasteiger charge is 2.46. The third kappa shape index (κ3) is 2.56. The van der Waals surface area contributed by atoms with Crippen molar-refractivity contribution in [1.29, 1.82) is 0 Å². The summed E-state index contributed by atoms with van der Waals surface area (Å²) in [6.07, 6.45) is 1.56. The Hall–Kier alpha value is -1.79. The van der Waals surface area contributed by atoms with Crippen LogP contribution in [-0.2, 0) is 9.59 Å². The zero-order chi connectivity index (χ0) is 15.8. The van der Waals surface area contributed by atoms with Gasteiger partial charge in [0.25, 0.3) is 0 Å². The molecule has 0 bridgehead atoms. The molecule has 0 aliphatic carbocycles. The van der Waals surface area contributed by atoms with Gasteiger partial charge >= 0.3 is 12.0 Å². The van der Waals surface area contributed by atoms with Crippen LogP contribution < -0.4 is 5.32 Å². The molecule has 0 aromatic rings. The fourth-order valence-electron chi connectivity index (χ4n) is 3.23. The molecule has 2 rings (SSSR count). The Morgan fingerprint density at radius 3 is 2.71 bits per heavy atom. The Morgan fingerprint density at radius 1 is 1.48 bits per heavy atom. The Kier molecular flexibility index (Phi) is 4.11. The predicted molar refractivity (Wildman–Crippen MR) is 75.7 cm³/mol. The number of hydrogen-bond donors (Lipinski definition) is 2. The molecule has 0 spiro atoms. The van der Waals surface area contributed by atoms with E-state index in [4.69, 9.17) is 0 Å². The van der Waals surface area contributed by atoms with Crippen molar-refractivity contribution in [2.24, 2.45) is 5.92 Å². The largest absolute Gasteiger partial charge is 0.480 e. The van der Waals surface area contributed by atoms with Gasteiger partial charge < -0.3 is 20.2 Å². The molecule has 2 N–H and O–H groups in total. The zero-order valence-corrected chi connectivity index (χ0v) is 12.8. The Balaban J connectivity index is 2.21. The second-order valence-electron chi connectivity index (χ2n) is 6.15. The molecule has 2 aliphatic rings. The van der Waals surface area contributed by atoms with E-state index in [1.165, 1.54) is 18.7 Å². The van der Waals surface area contributed by atoms with Crippen molar-refractivity contribution >= 4 is 17.9 Å². The number of hydrogen-bond acceptors (Lipinski definition) is 3. The normalized spacial score (nSPS) is 25.3. The van der Waals surface area contributed by atoms with Crippen LogP contribution in [0, 0.1) is 5.92 Å². The first kappa shape index (κ1) is 15.6. The van der Waals surface area contributed by atoms with Gasteiger partial charge in [0.15, 0.2) is 0 Å². The van der Waals surface area contributed by atoms with E-state index in [0.29, 0.717) is 19.6 Å². The fourth-order valence-corrected chi connectivity index (χ4v) is 3.23. The van der Waals surface area contributed by atoms with E-state index in [1.54, 1.807) is 11.8 Å². The van der Waals surface area contributed by atoms with E-state index < -0.39 is 11.5 Å². The molecular weight excluding hydrogens is 274 g/mol. The lowest BCUT2D eigenvalue weighted by Gasteiger charge is -2.42. The van der Waals surface area contributed by atoms with Gasteiger partial charge in [-0.05, 0) is 33.6 Å². The van der Waals surface area contributed by atoms with Gasteiger partial charge in [-0.2, -0.15) is 0 Å². The smallest absolute Gasteiger partial charge is 0.329 e. The van der Waals surface area contributed by atoms with Gasteiger partial charge in [0, 0.05) is 19.6 Å². The summed E-state index contributed by atoms with van der Waals surface area (Å²) in [5.74, 6) is -1.20. The number of fused-ring (bicyclic) bond motifs is 1. The molecule has 3 amide bonds. The van der Waals surface area contributed by atoms with Crippen molar-refractivity contribution in [2.75, 3.05) is 19.6 Å². The Morgan fingerprint density at radius 2 is 2.14 bits per heavy atom. The SMILES string of the molecule is CCN(C(=O)N1CCCC2C(=O)NCC21)C(C)(C)C(=O)O. The number of likely N-dealkylation sites (N-methyl/N-ethyl adjacent to an activating group) is 1. The van der Waals surface area contributed by atoms with Crippen LogP contribution in [-0.4, -0.2) is 64.0 Å². The number of amides is 3. The number of aliphatic carboxylic acids is 1. The summed E-state index contributed by atoms with van der Waals surface area (Å²) in [6, 6.07) is -0.450. The monoisotopic (exact) mass is 297 g/mol. The highest BCUT2D eigenvalue weighted by molar-refractivity contribution is 5.87. The fraction of sp³-hybridized carbons (Fsp3) is 0.786. The van der Waals surface area contributed by atoms with Crippen LogP contribution >= 0.6 is 0 Å². The van der Waals surface area contributed by atoms with Crippen LogP contribution in [0.4, 0.5) is 4.79 Å². The summed E-state index contributed by atoms with van der Waals surface area (Å²) in [7, 11) is 0. The second kappa shape index (κ2) is 5.54. The number of piperidine rings is 1. The van der Waals surface area contributed by atoms with E-state index in [2.05, 4.69) is 5.32 Å². The number of urea groups is 1. The Labute approximate surface area is 124 Å². The van der Waals surface area contributed by atoms with Gasteiger partial charge in [-0.1, -0.05) is 0 Å². The second-order valence-corrected chi connectivity index (χ2v) is 6.15. The van der Waals surface area contributed by atoms with Crippen molar-refractivity contribution in [3.05, 3.63) is 0 Å². The topological polar surface area (TPSA) is 90.0 Å². The van der Waals surface area contributed by atoms with Crippen LogP contribution in [0.1, 0.15) is 33.6 Å². The summed E-state index contributed by atoms with van der Waals surface area (Å²) < 4.78 is 0. The van der Waals surface area contributed by atoms with Crippen LogP contribution in [0.25, 0.3) is 0 Å². The molecule has 0 aromatic carbocycles. The van der Waals surface area contributed by atoms with Crippen molar-refractivity contribution < 1.29 is 19.5 Å². The Bertz CT molecular complexity index is 463. The average molecular weight is 297 g/mol. The van der Waals surface area contributed by atoms with Gasteiger partial charge in [0.05, 0.1) is 12.0 Å². The number of rotatable bonds is 3. The van der Waals surface area contributed by atoms with E-state index in [0.717, 1.165) is 12.8 Å². The highest BCUT2D eigenvalue weighted by Crippen LogP contribution is 2.29. The van der Waals surface area contributed by atoms with Gasteiger partial charge in [0.2, 0.25) is 5.91 Å². The first-order valence-corrected chi connectivity index (χ1v) is 7.40. The number of likely N-dealkylation sites (tertiary alicyclic amines) is 1. The summed E-state index contributed by atoms with van der Waals surface area (Å²) in [5.41, 5.74) is -1.27. The molecule has 2 saturated heterocycles. The van der Waals surface area contributed by atoms with E-state index >= 15 is 0 Å². The molecular formula is C14H23N3O4. The number of carboxylic acid groups (broad SMARTS) is 1. The number of nitrogens with zero attached hydrogens (tertiary/aromatic N) is 2. The first-order chi connectivity index (χ1) is 9.80. The van der Waals surface area contributed by atoms with Crippen LogP contribution in [0.5, 0.6) is 0 Å². The molecule has 2 atom stereocenters. The lowest BCUT2D eigenvalue weighted by Crippen LogP contribution is -2.60. The molecule has 0 radical (unpaired) electrons. The van der Waals surface area contributed by atoms with Crippen molar-refractivity contribution in [2.45, 2.75) is 45.2 Å². The maximum Gasteiger partial charge on any atom is 0.329 e. The molecule has 2 unspecified atom stereocenters. The summed E-state index contributed by atoms with van der Waals surface area (Å²) in [4.78, 5) is 39.0. The third-order valence-corrected chi connectivity index (χ3v) is 4.59. The number of carboxylic acids is 1. The first-order valence-electron chi connectivity index (χ1n) is 7.40. The predicted octanol–water partition coefficient (Wildman–Crippen LogP) is 0.502. The van der Waals surface area contributed by atoms with Crippen LogP contribution in [0.15, 0.2) is 0 Å². The van der Waals surface area contributed by atoms with Gasteiger partial charge in [-0.25, -0.2) is 9.59 Å². The summed E-state index contributed by atoms with van der Waals surface area (Å²) >= 11 is 0. The molecule has 0 aromatic heterocycles. The number of carbonyl (C=O) groups excluding carboxylic acids is 2. The van der Waals surface area contributed by atoms with Crippen LogP contribution in [0.2, 0.25) is 0 Å². The molecule has 2 heterocycles. The number of nitrogens with one attached hydrogen (secondary N) is 1. The van der Waals surface area contributed by atoms with Crippen molar-refractivity contribution in [3.8, 4) is 0 Å². The minimum Gasteiger partial charge on any atom is -0.480 e. The lowest BCUT2D eigenvalue weighted by molar-refractivity contribution is -0.148. The van der Waals surface area contributed by atoms with Crippen LogP contribution in [0.3, 0.4) is 0 Å². The molecule has 21 heavy (non-hydrogen) atoms. The van der Waals surface area contributed by atoms with Crippen molar-refractivity contribution in [1.82, 2.24) is 15.1 Å². The van der Waals surface area contributed by atoms with E-state index in [1.807, 2.05) is 0 Å². The molecule has 2 fully saturated rings.